The number of anilines is 1. The second-order valence-corrected chi connectivity index (χ2v) is 6.62. The van der Waals surface area contributed by atoms with E-state index in [0.717, 1.165) is 22.7 Å². The van der Waals surface area contributed by atoms with Crippen molar-refractivity contribution in [2.24, 2.45) is 0 Å². The van der Waals surface area contributed by atoms with Crippen molar-refractivity contribution in [3.63, 3.8) is 0 Å². The number of nitrogens with one attached hydrogen (secondary N) is 1. The lowest BCUT2D eigenvalue weighted by atomic mass is 9.97. The van der Waals surface area contributed by atoms with Gasteiger partial charge in [0, 0.05) is 17.3 Å². The minimum atomic E-state index is -0.0136. The summed E-state index contributed by atoms with van der Waals surface area (Å²) in [6.45, 7) is 5.29. The third-order valence-corrected chi connectivity index (χ3v) is 4.56. The average Bonchev–Trinajstić information content (AvgIpc) is 2.56. The largest absolute Gasteiger partial charge is 0.325 e. The summed E-state index contributed by atoms with van der Waals surface area (Å²) in [6, 6.07) is 15.7. The van der Waals surface area contributed by atoms with Crippen molar-refractivity contribution in [3.8, 4) is 0 Å². The molecule has 2 aromatic rings. The maximum absolute atomic E-state index is 12.4. The Balaban J connectivity index is 1.97. The molecule has 0 saturated carbocycles. The topological polar surface area (TPSA) is 32.3 Å². The van der Waals surface area contributed by atoms with Crippen LogP contribution in [-0.4, -0.2) is 24.4 Å². The summed E-state index contributed by atoms with van der Waals surface area (Å²) in [5.74, 6) is 0.405. The van der Waals surface area contributed by atoms with Crippen molar-refractivity contribution in [2.75, 3.05) is 18.9 Å². The number of likely N-dealkylation sites (N-methyl/N-ethyl adjacent to an activating group) is 1. The van der Waals surface area contributed by atoms with E-state index in [0.29, 0.717) is 19.0 Å². The zero-order chi connectivity index (χ0) is 17.5. The van der Waals surface area contributed by atoms with Crippen LogP contribution in [0, 0.1) is 0 Å². The summed E-state index contributed by atoms with van der Waals surface area (Å²) < 4.78 is 0. The second kappa shape index (κ2) is 8.86. The van der Waals surface area contributed by atoms with Gasteiger partial charge in [0.05, 0.1) is 6.54 Å². The van der Waals surface area contributed by atoms with Crippen molar-refractivity contribution in [1.82, 2.24) is 4.90 Å². The number of nitrogens with zero attached hydrogens (tertiary/aromatic N) is 1. The van der Waals surface area contributed by atoms with Gasteiger partial charge in [-0.25, -0.2) is 0 Å². The van der Waals surface area contributed by atoms with Gasteiger partial charge in [-0.1, -0.05) is 61.8 Å². The SMILES string of the molecule is CCC(C)c1ccccc1NC(=O)CN(C)Cc1ccccc1Cl. The molecule has 0 saturated heterocycles. The number of hydrogen-bond acceptors (Lipinski definition) is 2. The molecule has 0 fully saturated rings. The van der Waals surface area contributed by atoms with Gasteiger partial charge in [0.25, 0.3) is 0 Å². The fourth-order valence-corrected chi connectivity index (χ4v) is 2.86. The predicted molar refractivity (Wildman–Crippen MR) is 102 cm³/mol. The summed E-state index contributed by atoms with van der Waals surface area (Å²) in [7, 11) is 1.92. The Hall–Kier alpha value is -1.84. The Morgan fingerprint density at radius 2 is 1.83 bits per heavy atom. The summed E-state index contributed by atoms with van der Waals surface area (Å²) in [6.07, 6.45) is 1.04. The number of para-hydroxylation sites is 1. The summed E-state index contributed by atoms with van der Waals surface area (Å²) in [5, 5.41) is 3.77. The van der Waals surface area contributed by atoms with Crippen molar-refractivity contribution in [1.29, 1.82) is 0 Å². The van der Waals surface area contributed by atoms with E-state index in [1.807, 2.05) is 54.4 Å². The maximum Gasteiger partial charge on any atom is 0.238 e. The minimum Gasteiger partial charge on any atom is -0.325 e. The molecule has 0 aliphatic rings. The number of amides is 1. The molecule has 0 bridgehead atoms. The predicted octanol–water partition coefficient (Wildman–Crippen LogP) is 4.92. The first-order valence-corrected chi connectivity index (χ1v) is 8.69. The van der Waals surface area contributed by atoms with Crippen molar-refractivity contribution in [3.05, 3.63) is 64.7 Å². The second-order valence-electron chi connectivity index (χ2n) is 6.21. The maximum atomic E-state index is 12.4. The molecule has 0 heterocycles. The lowest BCUT2D eigenvalue weighted by Crippen LogP contribution is -2.30. The molecule has 1 atom stereocenters. The number of rotatable bonds is 7. The zero-order valence-corrected chi connectivity index (χ0v) is 15.3. The summed E-state index contributed by atoms with van der Waals surface area (Å²) in [4.78, 5) is 14.3. The van der Waals surface area contributed by atoms with E-state index in [2.05, 4.69) is 25.2 Å². The molecular weight excluding hydrogens is 320 g/mol. The Bertz CT molecular complexity index is 687. The van der Waals surface area contributed by atoms with E-state index in [1.54, 1.807) is 0 Å². The Morgan fingerprint density at radius 3 is 2.54 bits per heavy atom. The van der Waals surface area contributed by atoms with Gasteiger partial charge in [0.1, 0.15) is 0 Å². The molecule has 0 spiro atoms. The third-order valence-electron chi connectivity index (χ3n) is 4.19. The smallest absolute Gasteiger partial charge is 0.238 e. The summed E-state index contributed by atoms with van der Waals surface area (Å²) in [5.41, 5.74) is 3.11. The first-order chi connectivity index (χ1) is 11.5. The summed E-state index contributed by atoms with van der Waals surface area (Å²) >= 11 is 6.18. The van der Waals surface area contributed by atoms with Gasteiger partial charge in [-0.05, 0) is 42.6 Å². The molecule has 3 nitrogen and oxygen atoms in total. The van der Waals surface area contributed by atoms with E-state index in [9.17, 15) is 4.79 Å². The highest BCUT2D eigenvalue weighted by Crippen LogP contribution is 2.26. The van der Waals surface area contributed by atoms with Crippen LogP contribution in [0.4, 0.5) is 5.69 Å². The molecule has 0 aromatic heterocycles. The Labute approximate surface area is 149 Å². The number of halogens is 1. The lowest BCUT2D eigenvalue weighted by molar-refractivity contribution is -0.117. The first-order valence-electron chi connectivity index (χ1n) is 8.32. The van der Waals surface area contributed by atoms with E-state index in [4.69, 9.17) is 11.6 Å². The number of carbonyl (C=O) groups excluding carboxylic acids is 1. The molecule has 1 amide bonds. The number of hydrogen-bond donors (Lipinski definition) is 1. The molecule has 128 valence electrons. The molecule has 0 aliphatic carbocycles. The van der Waals surface area contributed by atoms with Gasteiger partial charge in [-0.15, -0.1) is 0 Å². The van der Waals surface area contributed by atoms with Crippen LogP contribution >= 0.6 is 11.6 Å². The van der Waals surface area contributed by atoms with Crippen LogP contribution in [0.5, 0.6) is 0 Å². The molecule has 1 unspecified atom stereocenters. The van der Waals surface area contributed by atoms with Crippen molar-refractivity contribution >= 4 is 23.2 Å². The van der Waals surface area contributed by atoms with E-state index < -0.39 is 0 Å². The molecule has 24 heavy (non-hydrogen) atoms. The molecule has 1 N–H and O–H groups in total. The minimum absolute atomic E-state index is 0.0136. The molecule has 4 heteroatoms. The Morgan fingerprint density at radius 1 is 1.17 bits per heavy atom. The first kappa shape index (κ1) is 18.5. The highest BCUT2D eigenvalue weighted by molar-refractivity contribution is 6.31. The van der Waals surface area contributed by atoms with Gasteiger partial charge in [-0.2, -0.15) is 0 Å². The monoisotopic (exact) mass is 344 g/mol. The zero-order valence-electron chi connectivity index (χ0n) is 14.6. The Kier molecular flexibility index (Phi) is 6.83. The molecule has 0 aliphatic heterocycles. The van der Waals surface area contributed by atoms with Crippen molar-refractivity contribution < 1.29 is 4.79 Å². The standard InChI is InChI=1S/C20H25ClN2O/c1-4-15(2)17-10-6-8-12-19(17)22-20(24)14-23(3)13-16-9-5-7-11-18(16)21/h5-12,15H,4,13-14H2,1-3H3,(H,22,24). The van der Waals surface area contributed by atoms with Gasteiger partial charge in [-0.3, -0.25) is 9.69 Å². The number of benzene rings is 2. The normalized spacial score (nSPS) is 12.2. The fourth-order valence-electron chi connectivity index (χ4n) is 2.67. The molecule has 0 radical (unpaired) electrons. The van der Waals surface area contributed by atoms with Crippen LogP contribution in [0.15, 0.2) is 48.5 Å². The van der Waals surface area contributed by atoms with Gasteiger partial charge in [0.2, 0.25) is 5.91 Å². The quantitative estimate of drug-likeness (QED) is 0.772. The van der Waals surface area contributed by atoms with Gasteiger partial charge in [0.15, 0.2) is 0 Å². The van der Waals surface area contributed by atoms with E-state index in [1.165, 1.54) is 5.56 Å². The van der Waals surface area contributed by atoms with Crippen LogP contribution in [-0.2, 0) is 11.3 Å². The van der Waals surface area contributed by atoms with Crippen LogP contribution in [0.25, 0.3) is 0 Å². The van der Waals surface area contributed by atoms with Crippen LogP contribution in [0.2, 0.25) is 5.02 Å². The highest BCUT2D eigenvalue weighted by atomic mass is 35.5. The van der Waals surface area contributed by atoms with Crippen LogP contribution in [0.1, 0.15) is 37.3 Å². The molecular formula is C20H25ClN2O. The number of carbonyl (C=O) groups is 1. The van der Waals surface area contributed by atoms with E-state index in [-0.39, 0.29) is 5.91 Å². The van der Waals surface area contributed by atoms with Crippen LogP contribution < -0.4 is 5.32 Å². The lowest BCUT2D eigenvalue weighted by Gasteiger charge is -2.19. The van der Waals surface area contributed by atoms with Crippen molar-refractivity contribution in [2.45, 2.75) is 32.7 Å². The molecule has 2 rings (SSSR count). The molecule has 2 aromatic carbocycles. The average molecular weight is 345 g/mol. The highest BCUT2D eigenvalue weighted by Gasteiger charge is 2.13. The van der Waals surface area contributed by atoms with Gasteiger partial charge >= 0.3 is 0 Å². The van der Waals surface area contributed by atoms with Crippen LogP contribution in [0.3, 0.4) is 0 Å². The van der Waals surface area contributed by atoms with E-state index >= 15 is 0 Å². The fraction of sp³-hybridized carbons (Fsp3) is 0.350. The van der Waals surface area contributed by atoms with Gasteiger partial charge < -0.3 is 5.32 Å². The third kappa shape index (κ3) is 5.08.